The topological polar surface area (TPSA) is 83.7 Å². The van der Waals surface area contributed by atoms with Crippen molar-refractivity contribution >= 4 is 11.6 Å². The van der Waals surface area contributed by atoms with E-state index >= 15 is 0 Å². The van der Waals surface area contributed by atoms with Crippen molar-refractivity contribution in [2.75, 3.05) is 13.6 Å². The van der Waals surface area contributed by atoms with Crippen LogP contribution in [0.4, 0.5) is 10.1 Å². The van der Waals surface area contributed by atoms with Gasteiger partial charge in [0.2, 0.25) is 0 Å². The Kier molecular flexibility index (Phi) is 4.52. The van der Waals surface area contributed by atoms with Gasteiger partial charge < -0.3 is 10.0 Å². The van der Waals surface area contributed by atoms with Crippen LogP contribution in [0.15, 0.2) is 18.2 Å². The van der Waals surface area contributed by atoms with Crippen LogP contribution in [0.5, 0.6) is 0 Å². The SMILES string of the molecule is CN(CC1CCCC1O)C(=O)c1cc(F)ccc1[N+](=O)[O-]. The second kappa shape index (κ2) is 6.17. The van der Waals surface area contributed by atoms with E-state index in [4.69, 9.17) is 0 Å². The van der Waals surface area contributed by atoms with E-state index < -0.39 is 28.4 Å². The largest absolute Gasteiger partial charge is 0.393 e. The van der Waals surface area contributed by atoms with E-state index in [9.17, 15) is 24.4 Å². The lowest BCUT2D eigenvalue weighted by Gasteiger charge is -2.23. The quantitative estimate of drug-likeness (QED) is 0.680. The first-order chi connectivity index (χ1) is 9.90. The van der Waals surface area contributed by atoms with E-state index in [2.05, 4.69) is 0 Å². The highest BCUT2D eigenvalue weighted by atomic mass is 19.1. The maximum Gasteiger partial charge on any atom is 0.282 e. The second-order valence-electron chi connectivity index (χ2n) is 5.36. The Morgan fingerprint density at radius 1 is 1.52 bits per heavy atom. The third-order valence-corrected chi connectivity index (χ3v) is 3.86. The summed E-state index contributed by atoms with van der Waals surface area (Å²) in [7, 11) is 1.50. The minimum Gasteiger partial charge on any atom is -0.393 e. The fourth-order valence-electron chi connectivity index (χ4n) is 2.71. The summed E-state index contributed by atoms with van der Waals surface area (Å²) in [6.45, 7) is 0.299. The molecule has 1 aliphatic rings. The molecule has 1 amide bonds. The Labute approximate surface area is 121 Å². The van der Waals surface area contributed by atoms with Crippen molar-refractivity contribution in [3.05, 3.63) is 39.7 Å². The van der Waals surface area contributed by atoms with E-state index in [1.165, 1.54) is 11.9 Å². The summed E-state index contributed by atoms with van der Waals surface area (Å²) in [5, 5.41) is 20.7. The van der Waals surface area contributed by atoms with E-state index in [1.54, 1.807) is 0 Å². The minimum absolute atomic E-state index is 0.0356. The average molecular weight is 296 g/mol. The lowest BCUT2D eigenvalue weighted by Crippen LogP contribution is -2.34. The van der Waals surface area contributed by atoms with E-state index in [1.807, 2.05) is 0 Å². The predicted molar refractivity (Wildman–Crippen MR) is 73.4 cm³/mol. The van der Waals surface area contributed by atoms with Crippen LogP contribution in [0.25, 0.3) is 0 Å². The molecule has 0 spiro atoms. The Morgan fingerprint density at radius 3 is 2.81 bits per heavy atom. The molecule has 7 heteroatoms. The van der Waals surface area contributed by atoms with Gasteiger partial charge in [-0.1, -0.05) is 6.42 Å². The van der Waals surface area contributed by atoms with Crippen LogP contribution in [0, 0.1) is 21.8 Å². The molecule has 0 saturated heterocycles. The lowest BCUT2D eigenvalue weighted by molar-refractivity contribution is -0.385. The highest BCUT2D eigenvalue weighted by Crippen LogP contribution is 2.27. The molecule has 0 heterocycles. The molecule has 21 heavy (non-hydrogen) atoms. The molecule has 6 nitrogen and oxygen atoms in total. The summed E-state index contributed by atoms with van der Waals surface area (Å²) < 4.78 is 13.3. The predicted octanol–water partition coefficient (Wildman–Crippen LogP) is 1.97. The zero-order valence-electron chi connectivity index (χ0n) is 11.7. The number of nitrogens with zero attached hydrogens (tertiary/aromatic N) is 2. The third-order valence-electron chi connectivity index (χ3n) is 3.86. The number of benzene rings is 1. The van der Waals surface area contributed by atoms with Gasteiger partial charge in [-0.25, -0.2) is 4.39 Å². The zero-order valence-corrected chi connectivity index (χ0v) is 11.7. The van der Waals surface area contributed by atoms with Crippen LogP contribution < -0.4 is 0 Å². The standard InChI is InChI=1S/C14H17FN2O4/c1-16(8-9-3-2-4-13(9)18)14(19)11-7-10(15)5-6-12(11)17(20)21/h5-7,9,13,18H,2-4,8H2,1H3. The fourth-order valence-corrected chi connectivity index (χ4v) is 2.71. The van der Waals surface area contributed by atoms with Gasteiger partial charge in [0.25, 0.3) is 11.6 Å². The van der Waals surface area contributed by atoms with Gasteiger partial charge in [-0.2, -0.15) is 0 Å². The third kappa shape index (κ3) is 3.36. The van der Waals surface area contributed by atoms with Crippen molar-refractivity contribution < 1.29 is 19.2 Å². The number of nitro groups is 1. The Balaban J connectivity index is 2.19. The number of rotatable bonds is 4. The monoisotopic (exact) mass is 296 g/mol. The summed E-state index contributed by atoms with van der Waals surface area (Å²) in [5.74, 6) is -1.34. The number of amides is 1. The number of aliphatic hydroxyl groups excluding tert-OH is 1. The van der Waals surface area contributed by atoms with Gasteiger partial charge in [-0.05, 0) is 25.0 Å². The summed E-state index contributed by atoms with van der Waals surface area (Å²) in [6.07, 6.45) is 1.95. The minimum atomic E-state index is -0.703. The Hall–Kier alpha value is -2.02. The van der Waals surface area contributed by atoms with Gasteiger partial charge in [0.05, 0.1) is 11.0 Å². The summed E-state index contributed by atoms with van der Waals surface area (Å²) in [5.41, 5.74) is -0.685. The molecule has 1 N–H and O–H groups in total. The Morgan fingerprint density at radius 2 is 2.24 bits per heavy atom. The van der Waals surface area contributed by atoms with Crippen LogP contribution in [0.2, 0.25) is 0 Å². The van der Waals surface area contributed by atoms with Crippen molar-refractivity contribution in [3.8, 4) is 0 Å². The number of carbonyl (C=O) groups excluding carboxylic acids is 1. The molecule has 2 rings (SSSR count). The maximum atomic E-state index is 13.3. The van der Waals surface area contributed by atoms with Gasteiger partial charge in [-0.15, -0.1) is 0 Å². The van der Waals surface area contributed by atoms with Crippen molar-refractivity contribution in [2.24, 2.45) is 5.92 Å². The molecule has 1 aromatic rings. The first-order valence-electron chi connectivity index (χ1n) is 6.77. The van der Waals surface area contributed by atoms with E-state index in [-0.39, 0.29) is 11.5 Å². The lowest BCUT2D eigenvalue weighted by atomic mass is 10.0. The van der Waals surface area contributed by atoms with Gasteiger partial charge >= 0.3 is 0 Å². The fraction of sp³-hybridized carbons (Fsp3) is 0.500. The molecule has 1 aromatic carbocycles. The molecular formula is C14H17FN2O4. The smallest absolute Gasteiger partial charge is 0.282 e. The molecule has 1 fully saturated rings. The van der Waals surface area contributed by atoms with Crippen molar-refractivity contribution in [3.63, 3.8) is 0 Å². The van der Waals surface area contributed by atoms with Crippen LogP contribution in [0.1, 0.15) is 29.6 Å². The number of nitro benzene ring substituents is 1. The normalized spacial score (nSPS) is 21.3. The number of carbonyl (C=O) groups is 1. The van der Waals surface area contributed by atoms with Crippen molar-refractivity contribution in [1.29, 1.82) is 0 Å². The van der Waals surface area contributed by atoms with Gasteiger partial charge in [0, 0.05) is 25.6 Å². The summed E-state index contributed by atoms with van der Waals surface area (Å²) in [6, 6.07) is 2.82. The molecule has 1 saturated carbocycles. The van der Waals surface area contributed by atoms with Gasteiger partial charge in [0.15, 0.2) is 0 Å². The number of hydrogen-bond donors (Lipinski definition) is 1. The molecule has 2 unspecified atom stereocenters. The summed E-state index contributed by atoms with van der Waals surface area (Å²) >= 11 is 0. The van der Waals surface area contributed by atoms with Gasteiger partial charge in [-0.3, -0.25) is 14.9 Å². The molecule has 1 aliphatic carbocycles. The van der Waals surface area contributed by atoms with Crippen LogP contribution in [-0.4, -0.2) is 40.5 Å². The second-order valence-corrected chi connectivity index (χ2v) is 5.36. The number of aliphatic hydroxyl groups is 1. The van der Waals surface area contributed by atoms with Crippen LogP contribution in [-0.2, 0) is 0 Å². The molecule has 2 atom stereocenters. The first kappa shape index (κ1) is 15.4. The highest BCUT2D eigenvalue weighted by Gasteiger charge is 2.30. The molecular weight excluding hydrogens is 279 g/mol. The molecule has 0 aromatic heterocycles. The van der Waals surface area contributed by atoms with Crippen molar-refractivity contribution in [2.45, 2.75) is 25.4 Å². The highest BCUT2D eigenvalue weighted by molar-refractivity contribution is 5.98. The van der Waals surface area contributed by atoms with E-state index in [0.29, 0.717) is 13.0 Å². The molecule has 0 aliphatic heterocycles. The molecule has 114 valence electrons. The van der Waals surface area contributed by atoms with Gasteiger partial charge in [0.1, 0.15) is 11.4 Å². The zero-order chi connectivity index (χ0) is 15.6. The van der Waals surface area contributed by atoms with E-state index in [0.717, 1.165) is 31.0 Å². The first-order valence-corrected chi connectivity index (χ1v) is 6.77. The van der Waals surface area contributed by atoms with Crippen molar-refractivity contribution in [1.82, 2.24) is 4.90 Å². The number of hydrogen-bond acceptors (Lipinski definition) is 4. The average Bonchev–Trinajstić information content (AvgIpc) is 2.83. The Bertz CT molecular complexity index is 564. The molecule has 0 radical (unpaired) electrons. The van der Waals surface area contributed by atoms with Crippen LogP contribution in [0.3, 0.4) is 0 Å². The number of halogens is 1. The molecule has 0 bridgehead atoms. The van der Waals surface area contributed by atoms with Crippen LogP contribution >= 0.6 is 0 Å². The maximum absolute atomic E-state index is 13.3. The summed E-state index contributed by atoms with van der Waals surface area (Å²) in [4.78, 5) is 23.8.